The lowest BCUT2D eigenvalue weighted by atomic mass is 10.1. The molecule has 0 atom stereocenters. The molecule has 10 rings (SSSR count). The molecule has 2 aliphatic carbocycles. The number of pyridine rings is 2. The zero-order chi connectivity index (χ0) is 43.1. The van der Waals surface area contributed by atoms with E-state index in [9.17, 15) is 14.4 Å². The van der Waals surface area contributed by atoms with E-state index in [1.54, 1.807) is 25.4 Å². The van der Waals surface area contributed by atoms with E-state index in [1.165, 1.54) is 39.6 Å². The van der Waals surface area contributed by atoms with E-state index >= 15 is 0 Å². The van der Waals surface area contributed by atoms with Crippen molar-refractivity contribution < 1.29 is 19.2 Å². The Morgan fingerprint density at radius 2 is 1.11 bits per heavy atom. The molecule has 0 radical (unpaired) electrons. The molecule has 0 bridgehead atoms. The third-order valence-electron chi connectivity index (χ3n) is 11.1. The summed E-state index contributed by atoms with van der Waals surface area (Å²) in [5, 5.41) is 8.22. The van der Waals surface area contributed by atoms with E-state index in [2.05, 4.69) is 67.0 Å². The van der Waals surface area contributed by atoms with Gasteiger partial charge < -0.3 is 25.0 Å². The molecule has 0 unspecified atom stereocenters. The molecule has 14 nitrogen and oxygen atoms in total. The maximum atomic E-state index is 13.6. The number of hydrogen-bond acceptors (Lipinski definition) is 12. The van der Waals surface area contributed by atoms with Crippen LogP contribution in [0.2, 0.25) is 0 Å². The monoisotopic (exact) mass is 840 g/mol. The molecule has 2 N–H and O–H groups in total. The minimum Gasteiger partial charge on any atom is -0.462 e. The van der Waals surface area contributed by atoms with Gasteiger partial charge in [0.25, 0.3) is 5.56 Å². The molecule has 4 aromatic heterocycles. The van der Waals surface area contributed by atoms with Gasteiger partial charge in [-0.1, -0.05) is 109 Å². The fraction of sp³-hybridized carbons (Fsp3) is 0.204. The fourth-order valence-corrected chi connectivity index (χ4v) is 8.22. The van der Waals surface area contributed by atoms with E-state index < -0.39 is 11.5 Å². The molecule has 0 aliphatic heterocycles. The third kappa shape index (κ3) is 8.82. The number of fused-ring (bicyclic) bond motifs is 4. The summed E-state index contributed by atoms with van der Waals surface area (Å²) in [6.45, 7) is 2.26. The Balaban J connectivity index is 0.000000162. The number of ether oxygens (including phenoxy) is 1. The Morgan fingerprint density at radius 1 is 0.635 bits per heavy atom. The quantitative estimate of drug-likeness (QED) is 0.135. The molecule has 0 amide bonds. The Hall–Kier alpha value is -7.87. The number of esters is 1. The van der Waals surface area contributed by atoms with Crippen molar-refractivity contribution >= 4 is 39.4 Å². The van der Waals surface area contributed by atoms with Crippen molar-refractivity contribution in [1.29, 1.82) is 0 Å². The van der Waals surface area contributed by atoms with Crippen LogP contribution in [-0.4, -0.2) is 54.1 Å². The SMILES string of the molecule is CCOC(=O)c1c(NC2Cc3ccccc3C2)c2cncnc2n(OCc2ccccc2)c1=O.O=c1cc(NC2Cc3ccccc3C2)c2cncnc2n1OCc1ccccc1. The average molecular weight is 841 g/mol. The van der Waals surface area contributed by atoms with Gasteiger partial charge in [0.05, 0.1) is 28.8 Å². The van der Waals surface area contributed by atoms with Crippen molar-refractivity contribution in [2.45, 2.75) is 57.9 Å². The number of rotatable bonds is 12. The van der Waals surface area contributed by atoms with Gasteiger partial charge in [0.15, 0.2) is 16.9 Å². The van der Waals surface area contributed by atoms with Crippen LogP contribution in [0.5, 0.6) is 0 Å². The van der Waals surface area contributed by atoms with Crippen LogP contribution in [0.1, 0.15) is 50.7 Å². The number of nitrogens with one attached hydrogen (secondary N) is 2. The van der Waals surface area contributed by atoms with Crippen LogP contribution in [0.25, 0.3) is 22.1 Å². The van der Waals surface area contributed by atoms with E-state index in [0.29, 0.717) is 16.7 Å². The predicted octanol–water partition coefficient (Wildman–Crippen LogP) is 6.18. The molecule has 0 saturated heterocycles. The number of hydrogen-bond donors (Lipinski definition) is 2. The molecule has 63 heavy (non-hydrogen) atoms. The number of nitrogens with zero attached hydrogens (tertiary/aromatic N) is 6. The summed E-state index contributed by atoms with van der Waals surface area (Å²) in [5.41, 5.74) is 7.90. The highest BCUT2D eigenvalue weighted by molar-refractivity contribution is 6.04. The van der Waals surface area contributed by atoms with Crippen molar-refractivity contribution in [2.24, 2.45) is 0 Å². The summed E-state index contributed by atoms with van der Waals surface area (Å²) < 4.78 is 7.56. The van der Waals surface area contributed by atoms with Crippen LogP contribution >= 0.6 is 0 Å². The Kier molecular flexibility index (Phi) is 11.8. The molecular formula is C49H44N8O6. The number of benzene rings is 4. The molecule has 0 saturated carbocycles. The highest BCUT2D eigenvalue weighted by Crippen LogP contribution is 2.30. The summed E-state index contributed by atoms with van der Waals surface area (Å²) in [7, 11) is 0. The maximum absolute atomic E-state index is 13.6. The largest absolute Gasteiger partial charge is 0.462 e. The fourth-order valence-electron chi connectivity index (χ4n) is 8.22. The first-order valence-electron chi connectivity index (χ1n) is 20.9. The highest BCUT2D eigenvalue weighted by atomic mass is 16.7. The van der Waals surface area contributed by atoms with E-state index in [-0.39, 0.29) is 48.7 Å². The topological polar surface area (TPSA) is 164 Å². The molecule has 4 heterocycles. The Bertz CT molecular complexity index is 2980. The van der Waals surface area contributed by atoms with Crippen molar-refractivity contribution in [3.8, 4) is 0 Å². The standard InChI is InChI=1S/C26H24N4O4.C23H20N4O2/c1-2-33-26(32)22-23(29-20-12-18-10-6-7-11-19(18)13-20)21-14-27-16-28-24(21)30(25(22)31)34-15-17-8-4-3-5-9-17;28-22-12-21(26-19-10-17-8-4-5-9-18(17)11-19)20-13-24-15-25-23(20)27(22)29-14-16-6-2-1-3-7-16/h3-11,14,16,20,29H,2,12-13,15H2,1H3;1-9,12-13,15,19,26H,10-11,14H2. The second-order valence-electron chi connectivity index (χ2n) is 15.3. The van der Waals surface area contributed by atoms with E-state index in [4.69, 9.17) is 14.4 Å². The van der Waals surface area contributed by atoms with Crippen LogP contribution in [0, 0.1) is 0 Å². The van der Waals surface area contributed by atoms with Crippen molar-refractivity contribution in [2.75, 3.05) is 17.2 Å². The molecule has 0 spiro atoms. The van der Waals surface area contributed by atoms with E-state index in [0.717, 1.165) is 52.6 Å². The zero-order valence-corrected chi connectivity index (χ0v) is 34.5. The summed E-state index contributed by atoms with van der Waals surface area (Å²) in [5.74, 6) is -0.715. The normalized spacial score (nSPS) is 13.2. The van der Waals surface area contributed by atoms with Gasteiger partial charge in [0, 0.05) is 30.5 Å². The highest BCUT2D eigenvalue weighted by Gasteiger charge is 2.29. The molecule has 2 aliphatic rings. The van der Waals surface area contributed by atoms with Crippen molar-refractivity contribution in [3.05, 3.63) is 200 Å². The summed E-state index contributed by atoms with van der Waals surface area (Å²) in [6, 6.07) is 37.7. The zero-order valence-electron chi connectivity index (χ0n) is 34.5. The lowest BCUT2D eigenvalue weighted by molar-refractivity contribution is 0.0513. The molecule has 4 aromatic carbocycles. The molecule has 8 aromatic rings. The van der Waals surface area contributed by atoms with Crippen LogP contribution in [0.3, 0.4) is 0 Å². The molecule has 14 heteroatoms. The first-order valence-corrected chi connectivity index (χ1v) is 20.9. The Morgan fingerprint density at radius 3 is 1.65 bits per heavy atom. The maximum Gasteiger partial charge on any atom is 0.346 e. The second kappa shape index (κ2) is 18.4. The lowest BCUT2D eigenvalue weighted by Crippen LogP contribution is -2.35. The summed E-state index contributed by atoms with van der Waals surface area (Å²) >= 11 is 0. The van der Waals surface area contributed by atoms with Gasteiger partial charge in [-0.05, 0) is 66.0 Å². The van der Waals surface area contributed by atoms with Gasteiger partial charge in [-0.2, -0.15) is 0 Å². The third-order valence-corrected chi connectivity index (χ3v) is 11.1. The lowest BCUT2D eigenvalue weighted by Gasteiger charge is -2.20. The Labute approximate surface area is 362 Å². The minimum atomic E-state index is -0.715. The van der Waals surface area contributed by atoms with Gasteiger partial charge in [0.2, 0.25) is 0 Å². The van der Waals surface area contributed by atoms with Gasteiger partial charge in [-0.25, -0.2) is 24.7 Å². The number of carbonyl (C=O) groups excluding carboxylic acids is 1. The number of carbonyl (C=O) groups is 1. The van der Waals surface area contributed by atoms with Crippen LogP contribution in [0.4, 0.5) is 11.4 Å². The molecular weight excluding hydrogens is 797 g/mol. The van der Waals surface area contributed by atoms with Gasteiger partial charge in [-0.3, -0.25) is 9.59 Å². The summed E-state index contributed by atoms with van der Waals surface area (Å²) in [4.78, 5) is 67.9. The van der Waals surface area contributed by atoms with Crippen molar-refractivity contribution in [3.63, 3.8) is 0 Å². The van der Waals surface area contributed by atoms with E-state index in [1.807, 2.05) is 72.8 Å². The first kappa shape index (κ1) is 40.5. The van der Waals surface area contributed by atoms with Crippen LogP contribution < -0.4 is 31.4 Å². The average Bonchev–Trinajstić information content (AvgIpc) is 3.93. The van der Waals surface area contributed by atoms with Gasteiger partial charge in [-0.15, -0.1) is 9.46 Å². The molecule has 0 fully saturated rings. The summed E-state index contributed by atoms with van der Waals surface area (Å²) in [6.07, 6.45) is 9.49. The predicted molar refractivity (Wildman–Crippen MR) is 240 cm³/mol. The van der Waals surface area contributed by atoms with Gasteiger partial charge in [0.1, 0.15) is 25.9 Å². The van der Waals surface area contributed by atoms with Crippen LogP contribution in [-0.2, 0) is 43.6 Å². The molecule has 316 valence electrons. The van der Waals surface area contributed by atoms with Crippen molar-refractivity contribution in [1.82, 2.24) is 29.4 Å². The number of aromatic nitrogens is 6. The smallest absolute Gasteiger partial charge is 0.346 e. The minimum absolute atomic E-state index is 0.00877. The first-order chi connectivity index (χ1) is 30.9. The number of anilines is 2. The van der Waals surface area contributed by atoms with Crippen LogP contribution in [0.15, 0.2) is 150 Å². The van der Waals surface area contributed by atoms with Gasteiger partial charge >= 0.3 is 11.5 Å². The second-order valence-corrected chi connectivity index (χ2v) is 15.3.